The third kappa shape index (κ3) is 1.90. The number of cyclic esters (lactones) is 1. The van der Waals surface area contributed by atoms with Crippen molar-refractivity contribution >= 4 is 6.09 Å². The summed E-state index contributed by atoms with van der Waals surface area (Å²) in [6.45, 7) is 4.76. The van der Waals surface area contributed by atoms with Crippen LogP contribution in [-0.2, 0) is 4.74 Å². The largest absolute Gasteiger partial charge is 0.443 e. The molecule has 0 aromatic rings. The normalized spacial score (nSPS) is 24.7. The van der Waals surface area contributed by atoms with E-state index in [1.54, 1.807) is 0 Å². The molecular formula is C7H12NO2. The summed E-state index contributed by atoms with van der Waals surface area (Å²) in [5.41, 5.74) is 0. The summed E-state index contributed by atoms with van der Waals surface area (Å²) >= 11 is 0. The fourth-order valence-electron chi connectivity index (χ4n) is 1.04. The number of nitrogens with zero attached hydrogens (tertiary/aromatic N) is 1. The van der Waals surface area contributed by atoms with Gasteiger partial charge in [0.25, 0.3) is 0 Å². The zero-order valence-electron chi connectivity index (χ0n) is 6.33. The molecule has 0 saturated carbocycles. The molecule has 1 aliphatic heterocycles. The molecule has 0 spiro atoms. The molecule has 3 heteroatoms. The zero-order valence-corrected chi connectivity index (χ0v) is 6.33. The standard InChI is InChI=1S/C7H12NO2/c1-5(2)3-6-4-8-7(9)10-6/h5-6H,3-4H2,1-2H3. The van der Waals surface area contributed by atoms with Crippen LogP contribution in [0.3, 0.4) is 0 Å². The van der Waals surface area contributed by atoms with Crippen molar-refractivity contribution in [2.24, 2.45) is 5.92 Å². The highest BCUT2D eigenvalue weighted by Crippen LogP contribution is 2.11. The molecule has 1 heterocycles. The maximum atomic E-state index is 10.4. The van der Waals surface area contributed by atoms with Gasteiger partial charge in [0, 0.05) is 0 Å². The second-order valence-electron chi connectivity index (χ2n) is 2.98. The highest BCUT2D eigenvalue weighted by atomic mass is 16.6. The molecular weight excluding hydrogens is 130 g/mol. The van der Waals surface area contributed by atoms with Gasteiger partial charge in [-0.1, -0.05) is 13.8 Å². The van der Waals surface area contributed by atoms with Gasteiger partial charge in [-0.2, -0.15) is 0 Å². The Kier molecular flexibility index (Phi) is 2.14. The molecule has 1 unspecified atom stereocenters. The lowest BCUT2D eigenvalue weighted by molar-refractivity contribution is 0.128. The molecule has 0 aromatic heterocycles. The van der Waals surface area contributed by atoms with Gasteiger partial charge >= 0.3 is 6.09 Å². The Bertz CT molecular complexity index is 134. The van der Waals surface area contributed by atoms with Gasteiger partial charge in [0.15, 0.2) is 0 Å². The smallest absolute Gasteiger partial charge is 0.429 e. The van der Waals surface area contributed by atoms with Crippen LogP contribution in [0.1, 0.15) is 20.3 Å². The van der Waals surface area contributed by atoms with Gasteiger partial charge in [-0.15, -0.1) is 0 Å². The van der Waals surface area contributed by atoms with Crippen molar-refractivity contribution in [3.05, 3.63) is 0 Å². The van der Waals surface area contributed by atoms with Crippen LogP contribution in [0, 0.1) is 5.92 Å². The number of hydrogen-bond acceptors (Lipinski definition) is 2. The van der Waals surface area contributed by atoms with Gasteiger partial charge in [-0.3, -0.25) is 0 Å². The molecule has 3 nitrogen and oxygen atoms in total. The molecule has 1 atom stereocenters. The van der Waals surface area contributed by atoms with Gasteiger partial charge in [0.1, 0.15) is 6.10 Å². The van der Waals surface area contributed by atoms with Crippen molar-refractivity contribution in [3.63, 3.8) is 0 Å². The van der Waals surface area contributed by atoms with Crippen molar-refractivity contribution in [1.29, 1.82) is 0 Å². The van der Waals surface area contributed by atoms with Crippen molar-refractivity contribution in [2.45, 2.75) is 26.4 Å². The van der Waals surface area contributed by atoms with Crippen LogP contribution in [0.5, 0.6) is 0 Å². The van der Waals surface area contributed by atoms with Crippen LogP contribution in [0.4, 0.5) is 4.79 Å². The number of carbonyl (C=O) groups excluding carboxylic acids is 1. The predicted octanol–water partition coefficient (Wildman–Crippen LogP) is 1.16. The first-order valence-corrected chi connectivity index (χ1v) is 3.56. The van der Waals surface area contributed by atoms with Crippen LogP contribution in [-0.4, -0.2) is 18.7 Å². The number of ether oxygens (including phenoxy) is 1. The minimum Gasteiger partial charge on any atom is -0.443 e. The molecule has 0 bridgehead atoms. The molecule has 1 amide bonds. The molecule has 1 rings (SSSR count). The molecule has 10 heavy (non-hydrogen) atoms. The minimum absolute atomic E-state index is 0.0486. The topological polar surface area (TPSA) is 40.4 Å². The Morgan fingerprint density at radius 3 is 2.90 bits per heavy atom. The van der Waals surface area contributed by atoms with E-state index in [0.29, 0.717) is 12.5 Å². The quantitative estimate of drug-likeness (QED) is 0.580. The van der Waals surface area contributed by atoms with E-state index in [4.69, 9.17) is 4.74 Å². The van der Waals surface area contributed by atoms with E-state index in [-0.39, 0.29) is 6.10 Å². The third-order valence-electron chi connectivity index (χ3n) is 1.43. The van der Waals surface area contributed by atoms with Crippen LogP contribution in [0.25, 0.3) is 0 Å². The number of amides is 1. The first-order valence-electron chi connectivity index (χ1n) is 3.56. The average Bonchev–Trinajstić information content (AvgIpc) is 2.13. The number of hydrogen-bond donors (Lipinski definition) is 0. The second-order valence-corrected chi connectivity index (χ2v) is 2.98. The second kappa shape index (κ2) is 2.90. The van der Waals surface area contributed by atoms with E-state index >= 15 is 0 Å². The Labute approximate surface area is 60.7 Å². The highest BCUT2D eigenvalue weighted by molar-refractivity contribution is 5.68. The SMILES string of the molecule is CC(C)CC1C[N]C(=O)O1. The van der Waals surface area contributed by atoms with Gasteiger partial charge in [0.2, 0.25) is 0 Å². The lowest BCUT2D eigenvalue weighted by atomic mass is 10.1. The van der Waals surface area contributed by atoms with Crippen molar-refractivity contribution in [1.82, 2.24) is 5.32 Å². The Morgan fingerprint density at radius 1 is 1.80 bits per heavy atom. The Balaban J connectivity index is 2.24. The van der Waals surface area contributed by atoms with Crippen molar-refractivity contribution in [2.75, 3.05) is 6.54 Å². The molecule has 1 saturated heterocycles. The summed E-state index contributed by atoms with van der Waals surface area (Å²) in [6, 6.07) is 0. The van der Waals surface area contributed by atoms with Gasteiger partial charge < -0.3 is 4.74 Å². The molecule has 0 aliphatic carbocycles. The van der Waals surface area contributed by atoms with Gasteiger partial charge in [-0.05, 0) is 12.3 Å². The first-order chi connectivity index (χ1) is 4.68. The van der Waals surface area contributed by atoms with Crippen LogP contribution >= 0.6 is 0 Å². The molecule has 0 aromatic carbocycles. The van der Waals surface area contributed by atoms with Crippen LogP contribution in [0.2, 0.25) is 0 Å². The first kappa shape index (κ1) is 7.38. The summed E-state index contributed by atoms with van der Waals surface area (Å²) in [6.07, 6.45) is 0.577. The Hall–Kier alpha value is -0.730. The summed E-state index contributed by atoms with van der Waals surface area (Å²) in [4.78, 5) is 10.4. The van der Waals surface area contributed by atoms with Crippen LogP contribution < -0.4 is 5.32 Å². The summed E-state index contributed by atoms with van der Waals surface area (Å²) in [7, 11) is 0. The average molecular weight is 142 g/mol. The van der Waals surface area contributed by atoms with Crippen molar-refractivity contribution < 1.29 is 9.53 Å². The third-order valence-corrected chi connectivity index (χ3v) is 1.43. The van der Waals surface area contributed by atoms with E-state index < -0.39 is 6.09 Å². The fraction of sp³-hybridized carbons (Fsp3) is 0.857. The van der Waals surface area contributed by atoms with E-state index in [1.807, 2.05) is 0 Å². The van der Waals surface area contributed by atoms with E-state index in [0.717, 1.165) is 6.42 Å². The highest BCUT2D eigenvalue weighted by Gasteiger charge is 2.24. The molecule has 57 valence electrons. The molecule has 0 N–H and O–H groups in total. The monoisotopic (exact) mass is 142 g/mol. The predicted molar refractivity (Wildman–Crippen MR) is 36.7 cm³/mol. The maximum absolute atomic E-state index is 10.4. The lowest BCUT2D eigenvalue weighted by Gasteiger charge is -2.08. The lowest BCUT2D eigenvalue weighted by Crippen LogP contribution is -2.13. The van der Waals surface area contributed by atoms with Gasteiger partial charge in [0.05, 0.1) is 6.54 Å². The Morgan fingerprint density at radius 2 is 2.50 bits per heavy atom. The van der Waals surface area contributed by atoms with Crippen LogP contribution in [0.15, 0.2) is 0 Å². The summed E-state index contributed by atoms with van der Waals surface area (Å²) in [5, 5.41) is 3.61. The van der Waals surface area contributed by atoms with E-state index in [1.165, 1.54) is 0 Å². The van der Waals surface area contributed by atoms with Crippen molar-refractivity contribution in [3.8, 4) is 0 Å². The molecule has 1 aliphatic rings. The summed E-state index contributed by atoms with van der Waals surface area (Å²) in [5.74, 6) is 0.575. The molecule has 1 fully saturated rings. The molecule has 1 radical (unpaired) electrons. The number of rotatable bonds is 2. The minimum atomic E-state index is -0.398. The zero-order chi connectivity index (χ0) is 7.56. The maximum Gasteiger partial charge on any atom is 0.429 e. The van der Waals surface area contributed by atoms with E-state index in [9.17, 15) is 4.79 Å². The number of carbonyl (C=O) groups is 1. The fourth-order valence-corrected chi connectivity index (χ4v) is 1.04. The van der Waals surface area contributed by atoms with E-state index in [2.05, 4.69) is 19.2 Å². The van der Waals surface area contributed by atoms with Gasteiger partial charge in [-0.25, -0.2) is 10.1 Å². The summed E-state index contributed by atoms with van der Waals surface area (Å²) < 4.78 is 4.87.